The van der Waals surface area contributed by atoms with Crippen LogP contribution >= 0.6 is 0 Å². The van der Waals surface area contributed by atoms with Gasteiger partial charge in [0.1, 0.15) is 42.3 Å². The van der Waals surface area contributed by atoms with Crippen molar-refractivity contribution in [3.8, 4) is 23.0 Å². The molecule has 28 nitrogen and oxygen atoms in total. The van der Waals surface area contributed by atoms with Crippen LogP contribution in [-0.2, 0) is 57.8 Å². The molecule has 0 saturated heterocycles. The Bertz CT molecular complexity index is 3330. The molecule has 0 spiro atoms. The van der Waals surface area contributed by atoms with Gasteiger partial charge in [0.2, 0.25) is 0 Å². The number of azo groups is 2. The molecule has 0 amide bonds. The van der Waals surface area contributed by atoms with E-state index in [1.54, 1.807) is 0 Å². The van der Waals surface area contributed by atoms with E-state index in [1.807, 2.05) is 0 Å². The van der Waals surface area contributed by atoms with Crippen LogP contribution < -0.4 is 159 Å². The monoisotopic (exact) mass is 1130 g/mol. The molecule has 70 heavy (non-hydrogen) atoms. The van der Waals surface area contributed by atoms with Crippen LogP contribution in [0.25, 0.3) is 21.5 Å². The summed E-state index contributed by atoms with van der Waals surface area (Å²) in [4.78, 5) is 15.7. The summed E-state index contributed by atoms with van der Waals surface area (Å²) in [5.74, 6) is -4.07. The molecule has 6 aromatic carbocycles. The normalized spacial score (nSPS) is 11.4. The van der Waals surface area contributed by atoms with Crippen molar-refractivity contribution < 1.29 is 247 Å². The number of hydrogen-bond donors (Lipinski definition) is 10. The van der Waals surface area contributed by atoms with E-state index < -0.39 is 127 Å². The van der Waals surface area contributed by atoms with Gasteiger partial charge < -0.3 is 31.9 Å². The van der Waals surface area contributed by atoms with E-state index in [4.69, 9.17) is 11.5 Å². The number of fused-ring (bicyclic) bond motifs is 2. The number of anilines is 2. The summed E-state index contributed by atoms with van der Waals surface area (Å²) in [6.45, 7) is 0. The van der Waals surface area contributed by atoms with Crippen LogP contribution in [0, 0.1) is 20.2 Å². The maximum atomic E-state index is 11.8. The molecule has 0 bridgehead atoms. The van der Waals surface area contributed by atoms with Gasteiger partial charge in [-0.3, -0.25) is 38.4 Å². The third kappa shape index (κ3) is 16.4. The van der Waals surface area contributed by atoms with Crippen LogP contribution in [0.15, 0.2) is 113 Å². The first-order valence-corrected chi connectivity index (χ1v) is 22.0. The predicted octanol–water partition coefficient (Wildman–Crippen LogP) is -9.68. The van der Waals surface area contributed by atoms with Gasteiger partial charge in [0.25, 0.3) is 51.8 Å². The number of non-ortho nitro benzene ring substituents is 2. The summed E-state index contributed by atoms with van der Waals surface area (Å²) in [5.41, 5.74) is 6.46. The van der Waals surface area contributed by atoms with Crippen molar-refractivity contribution in [2.75, 3.05) is 11.5 Å². The fraction of sp³-hybridized carbons (Fsp3) is 0. The van der Waals surface area contributed by atoms with Crippen LogP contribution in [0.4, 0.5) is 45.5 Å². The van der Waals surface area contributed by atoms with Gasteiger partial charge in [-0.25, -0.2) is 0 Å². The van der Waals surface area contributed by atoms with E-state index in [9.17, 15) is 92.5 Å². The summed E-state index contributed by atoms with van der Waals surface area (Å²) in [6.07, 6.45) is 0. The molecule has 0 unspecified atom stereocenters. The first-order chi connectivity index (χ1) is 29.4. The van der Waals surface area contributed by atoms with Crippen molar-refractivity contribution in [3.63, 3.8) is 0 Å². The van der Waals surface area contributed by atoms with E-state index in [1.165, 1.54) is 36.4 Å². The van der Waals surface area contributed by atoms with Gasteiger partial charge in [0, 0.05) is 63.8 Å². The molecule has 0 atom stereocenters. The Hall–Kier alpha value is -2.19. The molecule has 342 valence electrons. The molecule has 6 aromatic rings. The van der Waals surface area contributed by atoms with Crippen LogP contribution in [-0.4, -0.2) is 82.2 Å². The van der Waals surface area contributed by atoms with Gasteiger partial charge in [0.15, 0.2) is 23.0 Å². The Labute approximate surface area is 514 Å². The average molecular weight is 1140 g/mol. The first-order valence-electron chi connectivity index (χ1n) is 16.3. The molecule has 0 heterocycles. The second-order valence-corrected chi connectivity index (χ2v) is 18.1. The summed E-state index contributed by atoms with van der Waals surface area (Å²) in [6, 6.07) is 11.8. The van der Waals surface area contributed by atoms with Crippen LogP contribution in [0.1, 0.15) is 0 Å². The van der Waals surface area contributed by atoms with E-state index in [0.29, 0.717) is 24.3 Å². The number of phenols is 4. The summed E-state index contributed by atoms with van der Waals surface area (Å²) >= 11 is 0. The number of rotatable bonds is 10. The van der Waals surface area contributed by atoms with Crippen molar-refractivity contribution in [1.29, 1.82) is 0 Å². The minimum absolute atomic E-state index is 0. The fourth-order valence-corrected chi connectivity index (χ4v) is 7.98. The number of nitrogen functional groups attached to an aromatic ring is 2. The number of hydrogen-bond acceptors (Lipinski definition) is 22. The fourth-order valence-electron chi connectivity index (χ4n) is 5.43. The number of benzene rings is 6. The van der Waals surface area contributed by atoms with Crippen LogP contribution in [0.2, 0.25) is 0 Å². The van der Waals surface area contributed by atoms with Crippen molar-refractivity contribution in [1.82, 2.24) is 0 Å². The molecule has 0 aliphatic carbocycles. The van der Waals surface area contributed by atoms with E-state index in [2.05, 4.69) is 20.5 Å². The van der Waals surface area contributed by atoms with Gasteiger partial charge in [-0.15, -0.1) is 20.5 Å². The molecule has 0 radical (unpaired) electrons. The Balaban J connectivity index is 0. The maximum Gasteiger partial charge on any atom is 1.00 e. The molecule has 0 aliphatic rings. The Kier molecular flexibility index (Phi) is 26.8. The number of nitrogens with two attached hydrogens (primary N) is 2. The van der Waals surface area contributed by atoms with Crippen LogP contribution in [0.3, 0.4) is 0 Å². The number of phenolic OH excluding ortho intramolecular Hbond substituents is 4. The van der Waals surface area contributed by atoms with Crippen LogP contribution in [0.5, 0.6) is 23.0 Å². The first kappa shape index (κ1) is 69.9. The minimum Gasteiger partial charge on any atom is -0.505 e. The zero-order valence-electron chi connectivity index (χ0n) is 36.3. The molecule has 0 fully saturated rings. The van der Waals surface area contributed by atoms with E-state index in [-0.39, 0.29) is 198 Å². The van der Waals surface area contributed by atoms with Gasteiger partial charge >= 0.3 is 148 Å². The number of aromatic hydroxyl groups is 4. The molecular formula is C32H24CrN8Na5O20S4+5. The number of nitro groups is 2. The van der Waals surface area contributed by atoms with Crippen molar-refractivity contribution in [2.45, 2.75) is 19.6 Å². The Morgan fingerprint density at radius 3 is 0.971 bits per heavy atom. The second kappa shape index (κ2) is 26.9. The van der Waals surface area contributed by atoms with E-state index >= 15 is 0 Å². The molecule has 0 aliphatic heterocycles. The molecule has 38 heteroatoms. The largest absolute Gasteiger partial charge is 1.00 e. The summed E-state index contributed by atoms with van der Waals surface area (Å²) in [5, 5.41) is 77.2. The molecular weight excluding hydrogens is 1110 g/mol. The molecule has 0 saturated carbocycles. The van der Waals surface area contributed by atoms with Crippen molar-refractivity contribution in [2.24, 2.45) is 20.5 Å². The van der Waals surface area contributed by atoms with Crippen molar-refractivity contribution >= 4 is 108 Å². The third-order valence-electron chi connectivity index (χ3n) is 8.28. The van der Waals surface area contributed by atoms with Crippen molar-refractivity contribution in [3.05, 3.63) is 93.0 Å². The minimum atomic E-state index is -5.12. The zero-order chi connectivity index (χ0) is 48.0. The van der Waals surface area contributed by atoms with Gasteiger partial charge in [-0.2, -0.15) is 33.7 Å². The Morgan fingerprint density at radius 1 is 0.429 bits per heavy atom. The number of nitrogens with zero attached hydrogens (tertiary/aromatic N) is 6. The average Bonchev–Trinajstić information content (AvgIpc) is 3.16. The number of nitro benzene ring substituents is 2. The molecule has 6 rings (SSSR count). The standard InChI is InChI=1S/2C16H12N4O10S2.Cr.5Na/c2*17-8-2-1-7-3-12(31(25,26)27)14(15(21)10(7)4-8)19-18-11-5-9(20(23)24)6-13(16(11)22)32(28,29)30;;;;;;/h2*1-6,21-22H,17H2,(H,25,26,27)(H,28,29,30);;;;;;/q;;;5*+1. The molecule has 0 aromatic heterocycles. The van der Waals surface area contributed by atoms with E-state index in [0.717, 1.165) is 12.1 Å². The summed E-state index contributed by atoms with van der Waals surface area (Å²) in [7, 11) is -20.2. The third-order valence-corrected chi connectivity index (χ3v) is 11.7. The maximum absolute atomic E-state index is 11.8. The predicted molar refractivity (Wildman–Crippen MR) is 217 cm³/mol. The van der Waals surface area contributed by atoms with Gasteiger partial charge in [-0.05, 0) is 47.2 Å². The molecule has 12 N–H and O–H groups in total. The zero-order valence-corrected chi connectivity index (χ0v) is 50.8. The SMILES string of the molecule is Nc1ccc2cc(S(=O)(=O)O)c(N=Nc3cc([N+](=O)[O-])cc(S(=O)(=O)O)c3O)c(O)c2c1.Nc1ccc2cc(S(=O)(=O)O)c(N=Nc3cc([N+](=O)[O-])cc(S(=O)(=O)O)c3O)c(O)c2c1.[Cr].[Na+].[Na+].[Na+].[Na+].[Na+]. The second-order valence-electron chi connectivity index (χ2n) is 12.5. The van der Waals surface area contributed by atoms with Gasteiger partial charge in [0.05, 0.1) is 9.85 Å². The smallest absolute Gasteiger partial charge is 0.505 e. The Morgan fingerprint density at radius 2 is 0.714 bits per heavy atom. The quantitative estimate of drug-likeness (QED) is 0.0152. The van der Waals surface area contributed by atoms with Gasteiger partial charge in [-0.1, -0.05) is 12.1 Å². The summed E-state index contributed by atoms with van der Waals surface area (Å²) < 4.78 is 130. The topological polar surface area (TPSA) is 486 Å².